The lowest BCUT2D eigenvalue weighted by molar-refractivity contribution is -0.139. The molecule has 0 radical (unpaired) electrons. The molecule has 1 heterocycles. The Hall–Kier alpha value is -4.17. The summed E-state index contributed by atoms with van der Waals surface area (Å²) >= 11 is 6.10. The van der Waals surface area contributed by atoms with Gasteiger partial charge in [-0.25, -0.2) is 9.59 Å². The molecule has 0 aliphatic carbocycles. The summed E-state index contributed by atoms with van der Waals surface area (Å²) in [7, 11) is 2.03. The zero-order valence-corrected chi connectivity index (χ0v) is 18.9. The molecule has 8 nitrogen and oxygen atoms in total. The Bertz CT molecular complexity index is 1280. The monoisotopic (exact) mass is 507 g/mol. The summed E-state index contributed by atoms with van der Waals surface area (Å²) in [6.07, 6.45) is -4.85. The van der Waals surface area contributed by atoms with Crippen molar-refractivity contribution in [1.82, 2.24) is 0 Å². The van der Waals surface area contributed by atoms with Crippen molar-refractivity contribution in [3.63, 3.8) is 0 Å². The van der Waals surface area contributed by atoms with E-state index in [4.69, 9.17) is 26.8 Å². The Morgan fingerprint density at radius 3 is 2.23 bits per heavy atom. The number of hydrogen-bond acceptors (Lipinski definition) is 8. The van der Waals surface area contributed by atoms with Crippen LogP contribution in [0.3, 0.4) is 0 Å². The van der Waals surface area contributed by atoms with Crippen LogP contribution in [0.5, 0.6) is 5.75 Å². The number of aromatic hydroxyl groups is 1. The van der Waals surface area contributed by atoms with Gasteiger partial charge in [0.2, 0.25) is 0 Å². The first-order valence-electron chi connectivity index (χ1n) is 9.73. The summed E-state index contributed by atoms with van der Waals surface area (Å²) < 4.78 is 49.3. The fourth-order valence-electron chi connectivity index (χ4n) is 3.72. The van der Waals surface area contributed by atoms with Gasteiger partial charge in [0, 0.05) is 0 Å². The number of phenolic OH excluding ortho intramolecular Hbond substituents is 1. The summed E-state index contributed by atoms with van der Waals surface area (Å²) in [5.74, 6) is -4.89. The van der Waals surface area contributed by atoms with Crippen molar-refractivity contribution in [2.75, 3.05) is 19.1 Å². The number of alkyl halides is 3. The molecular formula is C23H17ClF3N3O5. The number of halogens is 4. The number of hydrogen-bond donors (Lipinski definition) is 2. The molecule has 3 rings (SSSR count). The molecular weight excluding hydrogens is 491 g/mol. The van der Waals surface area contributed by atoms with E-state index in [0.29, 0.717) is 22.6 Å². The minimum absolute atomic E-state index is 0.250. The first-order valence-corrected chi connectivity index (χ1v) is 10.1. The lowest BCUT2D eigenvalue weighted by Gasteiger charge is -2.36. The van der Waals surface area contributed by atoms with Crippen molar-refractivity contribution in [3.8, 4) is 11.8 Å². The van der Waals surface area contributed by atoms with E-state index in [1.165, 1.54) is 0 Å². The number of benzene rings is 2. The zero-order valence-electron chi connectivity index (χ0n) is 18.2. The van der Waals surface area contributed by atoms with Crippen LogP contribution in [0.2, 0.25) is 5.02 Å². The second-order valence-corrected chi connectivity index (χ2v) is 7.57. The van der Waals surface area contributed by atoms with E-state index in [0.717, 1.165) is 14.2 Å². The number of nitrogens with zero attached hydrogens (tertiary/aromatic N) is 2. The van der Waals surface area contributed by atoms with Crippen molar-refractivity contribution >= 4 is 29.2 Å². The van der Waals surface area contributed by atoms with Crippen LogP contribution in [-0.2, 0) is 25.2 Å². The number of nitriles is 1. The van der Waals surface area contributed by atoms with Gasteiger partial charge >= 0.3 is 18.1 Å². The summed E-state index contributed by atoms with van der Waals surface area (Å²) in [6.45, 7) is 0. The SMILES string of the molecule is COC(=O)C1=C(C(=O)OC)N(c2c(O)cc(C(F)(F)F)cc2Cl)C(N)=C(C#N)C1c1ccccc1. The Kier molecular flexibility index (Phi) is 6.98. The Balaban J connectivity index is 2.46. The molecule has 0 amide bonds. The van der Waals surface area contributed by atoms with Crippen LogP contribution in [-0.4, -0.2) is 31.3 Å². The molecule has 12 heteroatoms. The van der Waals surface area contributed by atoms with Crippen molar-refractivity contribution in [2.24, 2.45) is 5.73 Å². The van der Waals surface area contributed by atoms with Crippen molar-refractivity contribution in [1.29, 1.82) is 5.26 Å². The van der Waals surface area contributed by atoms with Crippen LogP contribution < -0.4 is 10.6 Å². The molecule has 3 N–H and O–H groups in total. The second kappa shape index (κ2) is 9.60. The van der Waals surface area contributed by atoms with Gasteiger partial charge in [-0.1, -0.05) is 41.9 Å². The molecule has 0 saturated carbocycles. The fraction of sp³-hybridized carbons (Fsp3) is 0.174. The van der Waals surface area contributed by atoms with Gasteiger partial charge < -0.3 is 20.3 Å². The maximum atomic E-state index is 13.2. The van der Waals surface area contributed by atoms with E-state index in [2.05, 4.69) is 0 Å². The Labute approximate surface area is 202 Å². The van der Waals surface area contributed by atoms with E-state index in [1.807, 2.05) is 6.07 Å². The maximum absolute atomic E-state index is 13.2. The molecule has 0 spiro atoms. The van der Waals surface area contributed by atoms with E-state index in [-0.39, 0.29) is 5.57 Å². The molecule has 0 aromatic heterocycles. The standard InChI is InChI=1S/C23H17ClF3N3O5/c1-34-21(32)17-16(11-6-4-3-5-7-11)13(10-28)20(29)30(19(17)22(33)35-2)18-14(24)8-12(9-15(18)31)23(25,26)27/h3-9,16,31H,29H2,1-2H3. The van der Waals surface area contributed by atoms with Crippen LogP contribution in [0.4, 0.5) is 18.9 Å². The lowest BCUT2D eigenvalue weighted by Crippen LogP contribution is -2.41. The van der Waals surface area contributed by atoms with Crippen LogP contribution >= 0.6 is 11.6 Å². The third kappa shape index (κ3) is 4.48. The number of esters is 2. The number of rotatable bonds is 4. The third-order valence-corrected chi connectivity index (χ3v) is 5.49. The third-order valence-electron chi connectivity index (χ3n) is 5.20. The zero-order chi connectivity index (χ0) is 26.1. The summed E-state index contributed by atoms with van der Waals surface area (Å²) in [5, 5.41) is 19.8. The van der Waals surface area contributed by atoms with E-state index >= 15 is 0 Å². The largest absolute Gasteiger partial charge is 0.506 e. The van der Waals surface area contributed by atoms with Gasteiger partial charge in [-0.15, -0.1) is 0 Å². The van der Waals surface area contributed by atoms with Gasteiger partial charge in [0.05, 0.1) is 47.9 Å². The second-order valence-electron chi connectivity index (χ2n) is 7.16. The molecule has 2 aromatic rings. The molecule has 0 saturated heterocycles. The Morgan fingerprint density at radius 2 is 1.74 bits per heavy atom. The van der Waals surface area contributed by atoms with Crippen LogP contribution in [0, 0.1) is 11.3 Å². The van der Waals surface area contributed by atoms with Crippen molar-refractivity contribution < 1.29 is 37.3 Å². The molecule has 0 bridgehead atoms. The first-order chi connectivity index (χ1) is 16.5. The number of carbonyl (C=O) groups excluding carboxylic acids is 2. The lowest BCUT2D eigenvalue weighted by atomic mass is 9.81. The number of methoxy groups -OCH3 is 2. The van der Waals surface area contributed by atoms with Gasteiger partial charge in [0.25, 0.3) is 0 Å². The van der Waals surface area contributed by atoms with Gasteiger partial charge in [-0.2, -0.15) is 18.4 Å². The van der Waals surface area contributed by atoms with Gasteiger partial charge in [0.1, 0.15) is 23.0 Å². The minimum Gasteiger partial charge on any atom is -0.506 e. The number of ether oxygens (including phenoxy) is 2. The van der Waals surface area contributed by atoms with E-state index in [1.54, 1.807) is 30.3 Å². The topological polar surface area (TPSA) is 126 Å². The normalized spacial score (nSPS) is 16.1. The maximum Gasteiger partial charge on any atom is 0.416 e. The van der Waals surface area contributed by atoms with Crippen LogP contribution in [0.15, 0.2) is 65.1 Å². The van der Waals surface area contributed by atoms with E-state index in [9.17, 15) is 33.1 Å². The highest BCUT2D eigenvalue weighted by molar-refractivity contribution is 6.34. The Morgan fingerprint density at radius 1 is 1.14 bits per heavy atom. The summed E-state index contributed by atoms with van der Waals surface area (Å²) in [4.78, 5) is 26.6. The van der Waals surface area contributed by atoms with E-state index < -0.39 is 63.1 Å². The highest BCUT2D eigenvalue weighted by Gasteiger charge is 2.44. The predicted octanol–water partition coefficient (Wildman–Crippen LogP) is 3.96. The molecule has 182 valence electrons. The quantitative estimate of drug-likeness (QED) is 0.595. The predicted molar refractivity (Wildman–Crippen MR) is 118 cm³/mol. The van der Waals surface area contributed by atoms with Gasteiger partial charge in [0.15, 0.2) is 0 Å². The first kappa shape index (κ1) is 25.5. The molecule has 2 aromatic carbocycles. The van der Waals surface area contributed by atoms with Crippen LogP contribution in [0.1, 0.15) is 17.0 Å². The van der Waals surface area contributed by atoms with Gasteiger partial charge in [-0.3, -0.25) is 4.90 Å². The number of allylic oxidation sites excluding steroid dienone is 1. The molecule has 35 heavy (non-hydrogen) atoms. The fourth-order valence-corrected chi connectivity index (χ4v) is 4.01. The molecule has 1 aliphatic rings. The number of phenols is 1. The highest BCUT2D eigenvalue weighted by Crippen LogP contribution is 2.48. The number of carbonyl (C=O) groups is 2. The minimum atomic E-state index is -4.85. The average Bonchev–Trinajstić information content (AvgIpc) is 2.82. The molecule has 1 atom stereocenters. The average molecular weight is 508 g/mol. The van der Waals surface area contributed by atoms with Crippen molar-refractivity contribution in [3.05, 3.63) is 81.3 Å². The molecule has 0 fully saturated rings. The molecule has 1 unspecified atom stereocenters. The van der Waals surface area contributed by atoms with Crippen molar-refractivity contribution in [2.45, 2.75) is 12.1 Å². The summed E-state index contributed by atoms with van der Waals surface area (Å²) in [6, 6.07) is 10.8. The summed E-state index contributed by atoms with van der Waals surface area (Å²) in [5.41, 5.74) is 3.54. The van der Waals surface area contributed by atoms with Gasteiger partial charge in [-0.05, 0) is 17.7 Å². The highest BCUT2D eigenvalue weighted by atomic mass is 35.5. The smallest absolute Gasteiger partial charge is 0.416 e. The number of nitrogens with two attached hydrogens (primary N) is 1. The number of anilines is 1. The molecule has 1 aliphatic heterocycles. The van der Waals surface area contributed by atoms with Crippen LogP contribution in [0.25, 0.3) is 0 Å².